The number of rotatable bonds is 6. The predicted molar refractivity (Wildman–Crippen MR) is 127 cm³/mol. The van der Waals surface area contributed by atoms with Gasteiger partial charge in [-0.3, -0.25) is 23.4 Å². The smallest absolute Gasteiger partial charge is 0.299 e. The van der Waals surface area contributed by atoms with Gasteiger partial charge in [-0.25, -0.2) is 4.68 Å². The quantitative estimate of drug-likeness (QED) is 0.387. The van der Waals surface area contributed by atoms with Gasteiger partial charge in [0.1, 0.15) is 0 Å². The van der Waals surface area contributed by atoms with Crippen LogP contribution in [0.15, 0.2) is 38.0 Å². The summed E-state index contributed by atoms with van der Waals surface area (Å²) in [5.41, 5.74) is -0.315. The molecule has 3 aromatic rings. The Morgan fingerprint density at radius 2 is 1.62 bits per heavy atom. The second-order valence-corrected chi connectivity index (χ2v) is 8.04. The summed E-state index contributed by atoms with van der Waals surface area (Å²) in [6.07, 6.45) is 0.462. The van der Waals surface area contributed by atoms with Gasteiger partial charge in [-0.1, -0.05) is 30.1 Å². The van der Waals surface area contributed by atoms with E-state index in [1.807, 2.05) is 6.92 Å². The monoisotopic (exact) mass is 496 g/mol. The van der Waals surface area contributed by atoms with Gasteiger partial charge in [0.25, 0.3) is 11.1 Å². The van der Waals surface area contributed by atoms with Gasteiger partial charge in [0.05, 0.1) is 16.4 Å². The molecule has 0 saturated carbocycles. The van der Waals surface area contributed by atoms with Crippen LogP contribution in [-0.4, -0.2) is 23.6 Å². The maximum Gasteiger partial charge on any atom is 0.299 e. The number of halogens is 2. The molecule has 0 radical (unpaired) electrons. The topological polar surface area (TPSA) is 98.8 Å². The zero-order chi connectivity index (χ0) is 23.7. The maximum atomic E-state index is 13.2. The molecule has 0 unspecified atom stereocenters. The van der Waals surface area contributed by atoms with Crippen LogP contribution in [0.3, 0.4) is 0 Å². The SMILES string of the molecule is CCc1c(N=Nc2c(O)n(CC)c(=S)n(CC)c2=O)c(=O)n(-c2ccc(Cl)cc2Cl)n1C. The highest BCUT2D eigenvalue weighted by Gasteiger charge is 2.21. The van der Waals surface area contributed by atoms with Crippen LogP contribution in [0.1, 0.15) is 26.5 Å². The van der Waals surface area contributed by atoms with Gasteiger partial charge in [-0.2, -0.15) is 0 Å². The minimum absolute atomic E-state index is 0.0355. The van der Waals surface area contributed by atoms with Crippen LogP contribution in [-0.2, 0) is 26.6 Å². The first-order valence-electron chi connectivity index (χ1n) is 9.92. The molecule has 1 aromatic carbocycles. The molecule has 1 N–H and O–H groups in total. The van der Waals surface area contributed by atoms with E-state index in [2.05, 4.69) is 10.2 Å². The Hall–Kier alpha value is -2.69. The highest BCUT2D eigenvalue weighted by Crippen LogP contribution is 2.28. The zero-order valence-electron chi connectivity index (χ0n) is 18.0. The van der Waals surface area contributed by atoms with Gasteiger partial charge in [0.15, 0.2) is 10.5 Å². The van der Waals surface area contributed by atoms with Crippen molar-refractivity contribution in [2.75, 3.05) is 0 Å². The standard InChI is InChI=1S/C20H22Cl2N6O3S/c1-5-13-15(19(31)28(25(13)4)14-9-8-11(21)10-12(14)22)23-24-16-17(29)26(6-2)20(32)27(7-3)18(16)30/h8-10,29H,5-7H2,1-4H3. The molecule has 2 heterocycles. The lowest BCUT2D eigenvalue weighted by Gasteiger charge is -2.12. The fourth-order valence-corrected chi connectivity index (χ4v) is 4.40. The number of aromatic hydroxyl groups is 1. The molecule has 0 spiro atoms. The summed E-state index contributed by atoms with van der Waals surface area (Å²) in [6.45, 7) is 6.03. The fraction of sp³-hybridized carbons (Fsp3) is 0.350. The lowest BCUT2D eigenvalue weighted by molar-refractivity contribution is 0.402. The third kappa shape index (κ3) is 3.94. The van der Waals surface area contributed by atoms with Crippen LogP contribution in [0.2, 0.25) is 10.0 Å². The van der Waals surface area contributed by atoms with Crippen molar-refractivity contribution in [3.8, 4) is 11.6 Å². The highest BCUT2D eigenvalue weighted by atomic mass is 35.5. The van der Waals surface area contributed by atoms with Crippen molar-refractivity contribution in [1.29, 1.82) is 0 Å². The molecule has 0 saturated heterocycles. The van der Waals surface area contributed by atoms with E-state index in [0.717, 1.165) is 0 Å². The first-order chi connectivity index (χ1) is 15.2. The maximum absolute atomic E-state index is 13.2. The molecule has 2 aromatic heterocycles. The average molecular weight is 497 g/mol. The minimum atomic E-state index is -0.585. The van der Waals surface area contributed by atoms with Gasteiger partial charge >= 0.3 is 0 Å². The van der Waals surface area contributed by atoms with Crippen LogP contribution in [0, 0.1) is 4.77 Å². The largest absolute Gasteiger partial charge is 0.493 e. The number of hydrogen-bond acceptors (Lipinski definition) is 6. The third-order valence-corrected chi connectivity index (χ3v) is 6.07. The van der Waals surface area contributed by atoms with E-state index in [9.17, 15) is 14.7 Å². The van der Waals surface area contributed by atoms with E-state index in [4.69, 9.17) is 35.4 Å². The molecule has 170 valence electrons. The number of nitrogens with zero attached hydrogens (tertiary/aromatic N) is 6. The summed E-state index contributed by atoms with van der Waals surface area (Å²) in [4.78, 5) is 26.0. The molecule has 12 heteroatoms. The second-order valence-electron chi connectivity index (χ2n) is 6.83. The molecule has 0 aliphatic heterocycles. The molecule has 32 heavy (non-hydrogen) atoms. The Labute approximate surface area is 198 Å². The number of benzene rings is 1. The Morgan fingerprint density at radius 3 is 2.19 bits per heavy atom. The number of hydrogen-bond donors (Lipinski definition) is 1. The molecule has 0 bridgehead atoms. The van der Waals surface area contributed by atoms with Crippen LogP contribution < -0.4 is 11.1 Å². The highest BCUT2D eigenvalue weighted by molar-refractivity contribution is 7.71. The minimum Gasteiger partial charge on any atom is -0.493 e. The summed E-state index contributed by atoms with van der Waals surface area (Å²) < 4.78 is 5.85. The van der Waals surface area contributed by atoms with Crippen LogP contribution in [0.25, 0.3) is 5.69 Å². The fourth-order valence-electron chi connectivity index (χ4n) is 3.48. The molecule has 0 aliphatic rings. The van der Waals surface area contributed by atoms with E-state index in [0.29, 0.717) is 40.9 Å². The van der Waals surface area contributed by atoms with Gasteiger partial charge in [-0.15, -0.1) is 10.2 Å². The molecule has 0 aliphatic carbocycles. The van der Waals surface area contributed by atoms with Gasteiger partial charge < -0.3 is 5.11 Å². The third-order valence-electron chi connectivity index (χ3n) is 5.09. The van der Waals surface area contributed by atoms with Gasteiger partial charge in [0.2, 0.25) is 11.6 Å². The second kappa shape index (κ2) is 9.43. The predicted octanol–water partition coefficient (Wildman–Crippen LogP) is 4.90. The molecule has 3 rings (SSSR count). The first kappa shape index (κ1) is 24.0. The van der Waals surface area contributed by atoms with E-state index in [1.165, 1.54) is 19.9 Å². The van der Waals surface area contributed by atoms with Crippen molar-refractivity contribution in [3.05, 3.63) is 59.4 Å². The summed E-state index contributed by atoms with van der Waals surface area (Å²) >= 11 is 17.6. The normalized spacial score (nSPS) is 11.6. The summed E-state index contributed by atoms with van der Waals surface area (Å²) in [5.74, 6) is -0.397. The lowest BCUT2D eigenvalue weighted by Crippen LogP contribution is -2.24. The molecule has 0 fully saturated rings. The van der Waals surface area contributed by atoms with Crippen LogP contribution in [0.5, 0.6) is 5.88 Å². The number of aromatic nitrogens is 4. The van der Waals surface area contributed by atoms with E-state index < -0.39 is 17.0 Å². The zero-order valence-corrected chi connectivity index (χ0v) is 20.3. The Bertz CT molecular complexity index is 1400. The Morgan fingerprint density at radius 1 is 1.00 bits per heavy atom. The molecule has 0 atom stereocenters. The molecular formula is C20H22Cl2N6O3S. The van der Waals surface area contributed by atoms with Gasteiger partial charge in [-0.05, 0) is 50.7 Å². The summed E-state index contributed by atoms with van der Waals surface area (Å²) in [7, 11) is 1.70. The molecular weight excluding hydrogens is 475 g/mol. The van der Waals surface area contributed by atoms with Gasteiger partial charge in [0, 0.05) is 25.2 Å². The van der Waals surface area contributed by atoms with Crippen molar-refractivity contribution >= 4 is 46.8 Å². The van der Waals surface area contributed by atoms with Crippen molar-refractivity contribution in [2.45, 2.75) is 40.3 Å². The van der Waals surface area contributed by atoms with Crippen LogP contribution >= 0.6 is 35.4 Å². The average Bonchev–Trinajstić information content (AvgIpc) is 2.98. The lowest BCUT2D eigenvalue weighted by atomic mass is 10.3. The first-order valence-corrected chi connectivity index (χ1v) is 11.1. The van der Waals surface area contributed by atoms with Crippen molar-refractivity contribution in [3.63, 3.8) is 0 Å². The summed E-state index contributed by atoms with van der Waals surface area (Å²) in [5, 5.41) is 19.4. The van der Waals surface area contributed by atoms with Crippen molar-refractivity contribution < 1.29 is 5.11 Å². The Balaban J connectivity index is 2.25. The molecule has 9 nitrogen and oxygen atoms in total. The van der Waals surface area contributed by atoms with E-state index >= 15 is 0 Å². The molecule has 0 amide bonds. The summed E-state index contributed by atoms with van der Waals surface area (Å²) in [6, 6.07) is 4.79. The van der Waals surface area contributed by atoms with Crippen molar-refractivity contribution in [1.82, 2.24) is 18.5 Å². The van der Waals surface area contributed by atoms with E-state index in [-0.39, 0.29) is 16.1 Å². The van der Waals surface area contributed by atoms with Crippen molar-refractivity contribution in [2.24, 2.45) is 17.3 Å². The number of azo groups is 1. The Kier molecular flexibility index (Phi) is 7.06. The van der Waals surface area contributed by atoms with E-state index in [1.54, 1.807) is 37.7 Å². The van der Waals surface area contributed by atoms with Crippen LogP contribution in [0.4, 0.5) is 11.4 Å².